The van der Waals surface area contributed by atoms with Crippen molar-refractivity contribution in [2.45, 2.75) is 6.92 Å². The van der Waals surface area contributed by atoms with Gasteiger partial charge in [-0.1, -0.05) is 30.3 Å². The Hall–Kier alpha value is -2.86. The fourth-order valence-electron chi connectivity index (χ4n) is 2.23. The number of ether oxygens (including phenoxy) is 1. The minimum Gasteiger partial charge on any atom is -0.462 e. The smallest absolute Gasteiger partial charge is 0.349 e. The number of nitrogens with zero attached hydrogens (tertiary/aromatic N) is 2. The SMILES string of the molecule is CCOC(=O)c1cnc(-c2cc(C=O)c(-c3ccccc3)cn2)s1. The molecule has 0 atom stereocenters. The lowest BCUT2D eigenvalue weighted by Gasteiger charge is -2.06. The topological polar surface area (TPSA) is 69.2 Å². The van der Waals surface area contributed by atoms with E-state index in [0.717, 1.165) is 17.4 Å². The maximum absolute atomic E-state index is 11.7. The van der Waals surface area contributed by atoms with Crippen LogP contribution in [0.2, 0.25) is 0 Å². The number of hydrogen-bond donors (Lipinski definition) is 0. The third kappa shape index (κ3) is 3.23. The van der Waals surface area contributed by atoms with Crippen LogP contribution in [-0.4, -0.2) is 28.8 Å². The molecule has 0 saturated carbocycles. The summed E-state index contributed by atoms with van der Waals surface area (Å²) in [7, 11) is 0. The molecule has 0 aliphatic carbocycles. The number of pyridine rings is 1. The van der Waals surface area contributed by atoms with Gasteiger partial charge in [-0.3, -0.25) is 9.78 Å². The fraction of sp³-hybridized carbons (Fsp3) is 0.111. The number of benzene rings is 1. The molecule has 0 bridgehead atoms. The normalized spacial score (nSPS) is 10.4. The molecule has 120 valence electrons. The Labute approximate surface area is 143 Å². The Balaban J connectivity index is 1.96. The van der Waals surface area contributed by atoms with Crippen molar-refractivity contribution in [2.75, 3.05) is 6.61 Å². The first-order chi connectivity index (χ1) is 11.7. The third-order valence-electron chi connectivity index (χ3n) is 3.35. The zero-order valence-electron chi connectivity index (χ0n) is 12.9. The molecule has 3 aromatic rings. The molecule has 3 rings (SSSR count). The van der Waals surface area contributed by atoms with Crippen LogP contribution in [0.1, 0.15) is 27.0 Å². The average molecular weight is 338 g/mol. The van der Waals surface area contributed by atoms with Gasteiger partial charge in [0.15, 0.2) is 6.29 Å². The van der Waals surface area contributed by atoms with Crippen LogP contribution < -0.4 is 0 Å². The molecule has 2 aromatic heterocycles. The second-order valence-corrected chi connectivity index (χ2v) is 5.92. The predicted octanol–water partition coefficient (Wildman–Crippen LogP) is 3.86. The molecule has 0 aliphatic rings. The molecule has 2 heterocycles. The van der Waals surface area contributed by atoms with Crippen LogP contribution in [0.15, 0.2) is 48.8 Å². The summed E-state index contributed by atoms with van der Waals surface area (Å²) in [6.45, 7) is 2.06. The maximum Gasteiger partial charge on any atom is 0.349 e. The molecule has 0 amide bonds. The van der Waals surface area contributed by atoms with Gasteiger partial charge in [-0.05, 0) is 18.6 Å². The summed E-state index contributed by atoms with van der Waals surface area (Å²) in [5.41, 5.74) is 2.76. The Morgan fingerprint density at radius 1 is 1.21 bits per heavy atom. The van der Waals surface area contributed by atoms with E-state index < -0.39 is 5.97 Å². The van der Waals surface area contributed by atoms with Gasteiger partial charge >= 0.3 is 5.97 Å². The van der Waals surface area contributed by atoms with Gasteiger partial charge in [0.2, 0.25) is 0 Å². The highest BCUT2D eigenvalue weighted by Gasteiger charge is 2.15. The van der Waals surface area contributed by atoms with Gasteiger partial charge in [-0.25, -0.2) is 9.78 Å². The molecular weight excluding hydrogens is 324 g/mol. The highest BCUT2D eigenvalue weighted by atomic mass is 32.1. The van der Waals surface area contributed by atoms with E-state index in [0.29, 0.717) is 27.7 Å². The Kier molecular flexibility index (Phi) is 4.77. The minimum absolute atomic E-state index is 0.311. The van der Waals surface area contributed by atoms with E-state index in [4.69, 9.17) is 4.74 Å². The molecule has 0 spiro atoms. The molecule has 0 N–H and O–H groups in total. The van der Waals surface area contributed by atoms with Crippen LogP contribution in [0.4, 0.5) is 0 Å². The monoisotopic (exact) mass is 338 g/mol. The van der Waals surface area contributed by atoms with E-state index in [-0.39, 0.29) is 0 Å². The van der Waals surface area contributed by atoms with Gasteiger partial charge in [0, 0.05) is 17.3 Å². The van der Waals surface area contributed by atoms with Crippen molar-refractivity contribution in [3.63, 3.8) is 0 Å². The number of thiazole rings is 1. The zero-order valence-corrected chi connectivity index (χ0v) is 13.7. The summed E-state index contributed by atoms with van der Waals surface area (Å²) in [6.07, 6.45) is 3.92. The molecule has 5 nitrogen and oxygen atoms in total. The first-order valence-electron chi connectivity index (χ1n) is 7.37. The lowest BCUT2D eigenvalue weighted by atomic mass is 10.0. The summed E-state index contributed by atoms with van der Waals surface area (Å²) >= 11 is 1.19. The van der Waals surface area contributed by atoms with E-state index in [1.165, 1.54) is 17.5 Å². The second kappa shape index (κ2) is 7.14. The summed E-state index contributed by atoms with van der Waals surface area (Å²) in [5.74, 6) is -0.405. The first kappa shape index (κ1) is 16.0. The van der Waals surface area contributed by atoms with Crippen molar-refractivity contribution in [2.24, 2.45) is 0 Å². The van der Waals surface area contributed by atoms with Gasteiger partial charge in [-0.2, -0.15) is 0 Å². The highest BCUT2D eigenvalue weighted by Crippen LogP contribution is 2.28. The largest absolute Gasteiger partial charge is 0.462 e. The number of esters is 1. The van der Waals surface area contributed by atoms with E-state index in [9.17, 15) is 9.59 Å². The number of carbonyl (C=O) groups excluding carboxylic acids is 2. The molecule has 0 unspecified atom stereocenters. The standard InChI is InChI=1S/C18H14N2O3S/c1-2-23-18(22)16-10-20-17(24-16)15-8-13(11-21)14(9-19-15)12-6-4-3-5-7-12/h3-11H,2H2,1H3. The molecule has 0 aliphatic heterocycles. The summed E-state index contributed by atoms with van der Waals surface area (Å²) in [6, 6.07) is 11.3. The van der Waals surface area contributed by atoms with E-state index in [1.807, 2.05) is 30.3 Å². The molecule has 0 fully saturated rings. The predicted molar refractivity (Wildman–Crippen MR) is 92.1 cm³/mol. The van der Waals surface area contributed by atoms with E-state index in [1.54, 1.807) is 19.2 Å². The lowest BCUT2D eigenvalue weighted by molar-refractivity contribution is 0.0531. The first-order valence-corrected chi connectivity index (χ1v) is 8.18. The maximum atomic E-state index is 11.7. The quantitative estimate of drug-likeness (QED) is 0.522. The van der Waals surface area contributed by atoms with Crippen LogP contribution in [-0.2, 0) is 4.74 Å². The van der Waals surface area contributed by atoms with E-state index in [2.05, 4.69) is 9.97 Å². The summed E-state index contributed by atoms with van der Waals surface area (Å²) in [4.78, 5) is 32.2. The number of aromatic nitrogens is 2. The number of aldehydes is 1. The van der Waals surface area contributed by atoms with Gasteiger partial charge in [0.05, 0.1) is 18.5 Å². The van der Waals surface area contributed by atoms with Crippen molar-refractivity contribution in [3.05, 3.63) is 59.2 Å². The average Bonchev–Trinajstić information content (AvgIpc) is 3.12. The van der Waals surface area contributed by atoms with Crippen molar-refractivity contribution < 1.29 is 14.3 Å². The molecular formula is C18H14N2O3S. The zero-order chi connectivity index (χ0) is 16.9. The molecule has 24 heavy (non-hydrogen) atoms. The molecule has 0 saturated heterocycles. The van der Waals surface area contributed by atoms with Crippen LogP contribution in [0.25, 0.3) is 21.8 Å². The van der Waals surface area contributed by atoms with Gasteiger partial charge in [0.1, 0.15) is 9.88 Å². The third-order valence-corrected chi connectivity index (χ3v) is 4.35. The van der Waals surface area contributed by atoms with Crippen molar-refractivity contribution >= 4 is 23.6 Å². The Morgan fingerprint density at radius 3 is 2.71 bits per heavy atom. The minimum atomic E-state index is -0.405. The lowest BCUT2D eigenvalue weighted by Crippen LogP contribution is -2.01. The van der Waals surface area contributed by atoms with Crippen LogP contribution in [0.5, 0.6) is 0 Å². The van der Waals surface area contributed by atoms with Gasteiger partial charge in [0.25, 0.3) is 0 Å². The van der Waals surface area contributed by atoms with Crippen molar-refractivity contribution in [1.82, 2.24) is 9.97 Å². The highest BCUT2D eigenvalue weighted by molar-refractivity contribution is 7.16. The number of rotatable bonds is 5. The van der Waals surface area contributed by atoms with Gasteiger partial charge in [-0.15, -0.1) is 11.3 Å². The fourth-order valence-corrected chi connectivity index (χ4v) is 3.01. The Morgan fingerprint density at radius 2 is 2.00 bits per heavy atom. The van der Waals surface area contributed by atoms with E-state index >= 15 is 0 Å². The number of hydrogen-bond acceptors (Lipinski definition) is 6. The summed E-state index contributed by atoms with van der Waals surface area (Å²) < 4.78 is 4.95. The molecule has 1 aromatic carbocycles. The summed E-state index contributed by atoms with van der Waals surface area (Å²) in [5, 5.41) is 0.570. The number of carbonyl (C=O) groups is 2. The molecule has 0 radical (unpaired) electrons. The van der Waals surface area contributed by atoms with Crippen LogP contribution >= 0.6 is 11.3 Å². The van der Waals surface area contributed by atoms with Crippen molar-refractivity contribution in [1.29, 1.82) is 0 Å². The Bertz CT molecular complexity index is 875. The molecule has 6 heteroatoms. The van der Waals surface area contributed by atoms with Crippen LogP contribution in [0, 0.1) is 0 Å². The second-order valence-electron chi connectivity index (χ2n) is 4.89. The van der Waals surface area contributed by atoms with Crippen molar-refractivity contribution in [3.8, 4) is 21.8 Å². The van der Waals surface area contributed by atoms with Gasteiger partial charge < -0.3 is 4.74 Å². The van der Waals surface area contributed by atoms with Crippen LogP contribution in [0.3, 0.4) is 0 Å².